The molecule has 4 aromatic carbocycles. The first kappa shape index (κ1) is 16.0. The van der Waals surface area contributed by atoms with Gasteiger partial charge in [-0.3, -0.25) is 0 Å². The molecule has 0 fully saturated rings. The van der Waals surface area contributed by atoms with E-state index in [4.69, 9.17) is 4.74 Å². The molecule has 27 heavy (non-hydrogen) atoms. The smallest absolute Gasteiger partial charge is 0.0713 e. The van der Waals surface area contributed by atoms with Crippen molar-refractivity contribution in [1.82, 2.24) is 0 Å². The second-order valence-electron chi connectivity index (χ2n) is 6.96. The molecule has 1 nitrogen and oxygen atoms in total. The monoisotopic (exact) mass is 348 g/mol. The predicted octanol–water partition coefficient (Wildman–Crippen LogP) is 6.31. The molecule has 4 aromatic rings. The van der Waals surface area contributed by atoms with Crippen molar-refractivity contribution in [3.63, 3.8) is 0 Å². The number of ether oxygens (including phenoxy) is 1. The van der Waals surface area contributed by atoms with Crippen LogP contribution in [0.5, 0.6) is 0 Å². The zero-order chi connectivity index (χ0) is 18.2. The summed E-state index contributed by atoms with van der Waals surface area (Å²) in [4.78, 5) is 0. The highest BCUT2D eigenvalue weighted by Gasteiger charge is 2.26. The maximum absolute atomic E-state index is 5.43. The van der Waals surface area contributed by atoms with Crippen molar-refractivity contribution in [3.8, 4) is 0 Å². The van der Waals surface area contributed by atoms with E-state index in [0.717, 1.165) is 0 Å². The number of hydrogen-bond donors (Lipinski definition) is 0. The van der Waals surface area contributed by atoms with Gasteiger partial charge in [-0.15, -0.1) is 0 Å². The van der Waals surface area contributed by atoms with Gasteiger partial charge >= 0.3 is 0 Å². The third-order valence-electron chi connectivity index (χ3n) is 5.26. The summed E-state index contributed by atoms with van der Waals surface area (Å²) in [6.45, 7) is 0.621. The average molecular weight is 348 g/mol. The molecule has 0 unspecified atom stereocenters. The van der Waals surface area contributed by atoms with E-state index in [2.05, 4.69) is 91.0 Å². The topological polar surface area (TPSA) is 9.23 Å². The molecule has 130 valence electrons. The molecule has 1 aliphatic carbocycles. The van der Waals surface area contributed by atoms with Gasteiger partial charge in [0.15, 0.2) is 0 Å². The molecule has 0 aliphatic heterocycles. The maximum atomic E-state index is 5.43. The summed E-state index contributed by atoms with van der Waals surface area (Å²) in [5.74, 6) is 0. The van der Waals surface area contributed by atoms with Crippen LogP contribution in [-0.4, -0.2) is 7.11 Å². The van der Waals surface area contributed by atoms with E-state index in [0.29, 0.717) is 6.61 Å². The largest absolute Gasteiger partial charge is 0.380 e. The molecule has 0 amide bonds. The first-order valence-electron chi connectivity index (χ1n) is 9.27. The van der Waals surface area contributed by atoms with Gasteiger partial charge in [0.2, 0.25) is 0 Å². The fraction of sp³-hybridized carbons (Fsp3) is 0.0769. The lowest BCUT2D eigenvalue weighted by Crippen LogP contribution is -1.92. The summed E-state index contributed by atoms with van der Waals surface area (Å²) in [6.07, 6.45) is 0. The molecule has 0 N–H and O–H groups in total. The summed E-state index contributed by atoms with van der Waals surface area (Å²) in [7, 11) is 1.75. The first-order chi connectivity index (χ1) is 13.4. The quantitative estimate of drug-likeness (QED) is 0.370. The lowest BCUT2D eigenvalue weighted by atomic mass is 9.92. The average Bonchev–Trinajstić information content (AvgIpc) is 3.05. The van der Waals surface area contributed by atoms with E-state index in [1.54, 1.807) is 7.11 Å². The molecule has 0 saturated heterocycles. The third-order valence-corrected chi connectivity index (χ3v) is 5.26. The van der Waals surface area contributed by atoms with Crippen molar-refractivity contribution in [3.05, 3.63) is 119 Å². The molecular formula is C26H20O. The van der Waals surface area contributed by atoms with Crippen LogP contribution in [0.25, 0.3) is 21.9 Å². The van der Waals surface area contributed by atoms with Crippen molar-refractivity contribution in [2.24, 2.45) is 0 Å². The van der Waals surface area contributed by atoms with Gasteiger partial charge in [-0.2, -0.15) is 0 Å². The predicted molar refractivity (Wildman–Crippen MR) is 113 cm³/mol. The van der Waals surface area contributed by atoms with Crippen LogP contribution in [0.2, 0.25) is 0 Å². The van der Waals surface area contributed by atoms with Gasteiger partial charge in [-0.25, -0.2) is 0 Å². The highest BCUT2D eigenvalue weighted by Crippen LogP contribution is 2.48. The molecule has 0 atom stereocenters. The summed E-state index contributed by atoms with van der Waals surface area (Å²) >= 11 is 0. The minimum absolute atomic E-state index is 0.621. The zero-order valence-electron chi connectivity index (χ0n) is 15.3. The minimum atomic E-state index is 0.621. The molecule has 1 aliphatic rings. The molecule has 0 bridgehead atoms. The Morgan fingerprint density at radius 2 is 1.26 bits per heavy atom. The highest BCUT2D eigenvalue weighted by atomic mass is 16.5. The van der Waals surface area contributed by atoms with Crippen LogP contribution in [-0.2, 0) is 11.3 Å². The van der Waals surface area contributed by atoms with E-state index in [9.17, 15) is 0 Å². The summed E-state index contributed by atoms with van der Waals surface area (Å²) < 4.78 is 5.43. The summed E-state index contributed by atoms with van der Waals surface area (Å²) in [5, 5.41) is 2.62. The first-order valence-corrected chi connectivity index (χ1v) is 9.27. The van der Waals surface area contributed by atoms with Crippen molar-refractivity contribution >= 4 is 21.9 Å². The lowest BCUT2D eigenvalue weighted by molar-refractivity contribution is 0.185. The van der Waals surface area contributed by atoms with Crippen molar-refractivity contribution < 1.29 is 4.74 Å². The molecule has 0 saturated carbocycles. The number of rotatable bonds is 4. The Morgan fingerprint density at radius 1 is 0.630 bits per heavy atom. The van der Waals surface area contributed by atoms with Gasteiger partial charge in [0.25, 0.3) is 0 Å². The fourth-order valence-corrected chi connectivity index (χ4v) is 4.22. The fourth-order valence-electron chi connectivity index (χ4n) is 4.22. The Hall–Kier alpha value is -3.16. The second-order valence-corrected chi connectivity index (χ2v) is 6.96. The van der Waals surface area contributed by atoms with Gasteiger partial charge in [0.05, 0.1) is 6.61 Å². The van der Waals surface area contributed by atoms with E-state index in [1.165, 1.54) is 49.7 Å². The zero-order valence-corrected chi connectivity index (χ0v) is 15.3. The Kier molecular flexibility index (Phi) is 3.88. The molecule has 0 aromatic heterocycles. The Labute approximate surface area is 159 Å². The van der Waals surface area contributed by atoms with Gasteiger partial charge < -0.3 is 4.74 Å². The van der Waals surface area contributed by atoms with Crippen LogP contribution in [0.3, 0.4) is 0 Å². The standard InChI is InChI=1S/C26H20O/c1-27-17-18-15-21-13-8-14-22-24(21)23(16-18)26(20-11-6-3-7-12-20)25(22)19-9-4-2-5-10-19/h2-16H,17H2,1H3. The molecule has 0 radical (unpaired) electrons. The van der Waals surface area contributed by atoms with Crippen molar-refractivity contribution in [2.45, 2.75) is 6.61 Å². The van der Waals surface area contributed by atoms with E-state index in [1.807, 2.05) is 0 Å². The highest BCUT2D eigenvalue weighted by molar-refractivity contribution is 6.20. The van der Waals surface area contributed by atoms with Crippen LogP contribution in [0.1, 0.15) is 27.8 Å². The molecular weight excluding hydrogens is 328 g/mol. The van der Waals surface area contributed by atoms with Crippen LogP contribution in [0.15, 0.2) is 91.0 Å². The van der Waals surface area contributed by atoms with Gasteiger partial charge in [0, 0.05) is 7.11 Å². The number of benzene rings is 4. The third kappa shape index (κ3) is 2.59. The van der Waals surface area contributed by atoms with E-state index in [-0.39, 0.29) is 0 Å². The minimum Gasteiger partial charge on any atom is -0.380 e. The maximum Gasteiger partial charge on any atom is 0.0713 e. The second kappa shape index (κ2) is 6.53. The van der Waals surface area contributed by atoms with Crippen molar-refractivity contribution in [2.75, 3.05) is 7.11 Å². The van der Waals surface area contributed by atoms with Gasteiger partial charge in [-0.1, -0.05) is 78.9 Å². The Balaban J connectivity index is 1.89. The van der Waals surface area contributed by atoms with Gasteiger partial charge in [-0.05, 0) is 61.9 Å². The summed E-state index contributed by atoms with van der Waals surface area (Å²) in [6, 6.07) is 32.6. The summed E-state index contributed by atoms with van der Waals surface area (Å²) in [5.41, 5.74) is 8.97. The molecule has 5 rings (SSSR count). The number of hydrogen-bond acceptors (Lipinski definition) is 1. The van der Waals surface area contributed by atoms with E-state index < -0.39 is 0 Å². The van der Waals surface area contributed by atoms with Crippen molar-refractivity contribution in [1.29, 1.82) is 0 Å². The molecule has 0 spiro atoms. The van der Waals surface area contributed by atoms with Gasteiger partial charge in [0.1, 0.15) is 0 Å². The normalized spacial score (nSPS) is 12.8. The van der Waals surface area contributed by atoms with Crippen LogP contribution in [0.4, 0.5) is 0 Å². The van der Waals surface area contributed by atoms with E-state index >= 15 is 0 Å². The Morgan fingerprint density at radius 3 is 1.89 bits per heavy atom. The Bertz CT molecular complexity index is 1150. The van der Waals surface area contributed by atoms with Crippen LogP contribution in [0, 0.1) is 0 Å². The molecule has 0 heterocycles. The lowest BCUT2D eigenvalue weighted by Gasteiger charge is -2.11. The van der Waals surface area contributed by atoms with Crippen LogP contribution < -0.4 is 0 Å². The SMILES string of the molecule is COCc1cc2c3c(cccc3c1)C(c1ccccc1)=C2c1ccccc1. The number of methoxy groups -OCH3 is 1. The molecule has 1 heteroatoms. The van der Waals surface area contributed by atoms with Crippen LogP contribution >= 0.6 is 0 Å².